The molecule has 0 fully saturated rings. The maximum Gasteiger partial charge on any atom is 0.322 e. The summed E-state index contributed by atoms with van der Waals surface area (Å²) in [6, 6.07) is 10.8. The second-order valence-electron chi connectivity index (χ2n) is 5.06. The lowest BCUT2D eigenvalue weighted by molar-refractivity contribution is -0.384. The topological polar surface area (TPSA) is 111 Å². The minimum atomic E-state index is -0.554. The first-order valence-electron chi connectivity index (χ1n) is 7.14. The fourth-order valence-electron chi connectivity index (χ4n) is 2.06. The first kappa shape index (κ1) is 16.2. The Morgan fingerprint density at radius 3 is 2.44 bits per heavy atom. The Morgan fingerprint density at radius 2 is 1.80 bits per heavy atom. The van der Waals surface area contributed by atoms with Gasteiger partial charge in [0, 0.05) is 17.7 Å². The highest BCUT2D eigenvalue weighted by Crippen LogP contribution is 2.15. The van der Waals surface area contributed by atoms with E-state index >= 15 is 0 Å². The summed E-state index contributed by atoms with van der Waals surface area (Å²) in [6.45, 7) is 0. The molecule has 1 heterocycles. The highest BCUT2D eigenvalue weighted by molar-refractivity contribution is 6.03. The van der Waals surface area contributed by atoms with Gasteiger partial charge in [-0.2, -0.15) is 0 Å². The monoisotopic (exact) mass is 342 g/mol. The second-order valence-corrected chi connectivity index (χ2v) is 5.06. The average Bonchev–Trinajstić information content (AvgIpc) is 3.04. The standard InChI is InChI=1S/C16H11FN4O4/c17-12-5-1-10(2-6-12)9-14-19-20-16(25-14)18-15(22)11-3-7-13(8-4-11)21(23)24/h1-8H,9H2,(H,18,20,22). The summed E-state index contributed by atoms with van der Waals surface area (Å²) in [7, 11) is 0. The number of nitro benzene ring substituents is 1. The lowest BCUT2D eigenvalue weighted by atomic mass is 10.1. The van der Waals surface area contributed by atoms with Crippen molar-refractivity contribution in [2.75, 3.05) is 5.32 Å². The molecule has 0 aliphatic heterocycles. The molecular formula is C16H11FN4O4. The molecule has 1 aromatic heterocycles. The summed E-state index contributed by atoms with van der Waals surface area (Å²) in [5.41, 5.74) is 0.873. The summed E-state index contributed by atoms with van der Waals surface area (Å²) >= 11 is 0. The van der Waals surface area contributed by atoms with Gasteiger partial charge in [-0.25, -0.2) is 4.39 Å². The summed E-state index contributed by atoms with van der Waals surface area (Å²) in [5, 5.41) is 20.5. The number of halogens is 1. The number of carbonyl (C=O) groups excluding carboxylic acids is 1. The first-order valence-corrected chi connectivity index (χ1v) is 7.14. The van der Waals surface area contributed by atoms with Crippen molar-refractivity contribution >= 4 is 17.6 Å². The molecule has 0 saturated heterocycles. The molecule has 0 aliphatic rings. The van der Waals surface area contributed by atoms with E-state index in [0.29, 0.717) is 6.42 Å². The summed E-state index contributed by atoms with van der Waals surface area (Å²) in [6.07, 6.45) is 0.292. The lowest BCUT2D eigenvalue weighted by Crippen LogP contribution is -2.12. The fraction of sp³-hybridized carbons (Fsp3) is 0.0625. The van der Waals surface area contributed by atoms with Crippen LogP contribution in [0.1, 0.15) is 21.8 Å². The van der Waals surface area contributed by atoms with Crippen LogP contribution in [0.2, 0.25) is 0 Å². The molecule has 0 bridgehead atoms. The van der Waals surface area contributed by atoms with Crippen molar-refractivity contribution in [3.63, 3.8) is 0 Å². The molecule has 0 atom stereocenters. The molecule has 0 radical (unpaired) electrons. The molecule has 126 valence electrons. The molecule has 1 amide bonds. The maximum atomic E-state index is 12.9. The Bertz CT molecular complexity index is 907. The number of hydrogen-bond acceptors (Lipinski definition) is 6. The van der Waals surface area contributed by atoms with Gasteiger partial charge < -0.3 is 4.42 Å². The number of nitro groups is 1. The van der Waals surface area contributed by atoms with E-state index in [1.54, 1.807) is 12.1 Å². The van der Waals surface area contributed by atoms with Gasteiger partial charge in [-0.1, -0.05) is 17.2 Å². The van der Waals surface area contributed by atoms with Gasteiger partial charge in [0.2, 0.25) is 5.89 Å². The van der Waals surface area contributed by atoms with E-state index in [1.807, 2.05) is 0 Å². The van der Waals surface area contributed by atoms with E-state index in [9.17, 15) is 19.3 Å². The van der Waals surface area contributed by atoms with Crippen LogP contribution in [0, 0.1) is 15.9 Å². The second kappa shape index (κ2) is 6.87. The summed E-state index contributed by atoms with van der Waals surface area (Å²) in [4.78, 5) is 22.1. The number of hydrogen-bond donors (Lipinski definition) is 1. The molecule has 8 nitrogen and oxygen atoms in total. The predicted octanol–water partition coefficient (Wildman–Crippen LogP) is 2.96. The Balaban J connectivity index is 1.65. The van der Waals surface area contributed by atoms with Gasteiger partial charge in [-0.15, -0.1) is 5.10 Å². The number of amides is 1. The number of aromatic nitrogens is 2. The molecule has 9 heteroatoms. The van der Waals surface area contributed by atoms with Crippen LogP contribution in [0.3, 0.4) is 0 Å². The summed E-state index contributed by atoms with van der Waals surface area (Å²) < 4.78 is 18.2. The molecule has 0 saturated carbocycles. The van der Waals surface area contributed by atoms with Gasteiger partial charge >= 0.3 is 6.01 Å². The first-order chi connectivity index (χ1) is 12.0. The highest BCUT2D eigenvalue weighted by atomic mass is 19.1. The average molecular weight is 342 g/mol. The van der Waals surface area contributed by atoms with Gasteiger partial charge in [0.25, 0.3) is 11.6 Å². The summed E-state index contributed by atoms with van der Waals surface area (Å²) in [5.74, 6) is -0.622. The smallest absolute Gasteiger partial charge is 0.322 e. The van der Waals surface area contributed by atoms with Crippen LogP contribution in [0.25, 0.3) is 0 Å². The largest absolute Gasteiger partial charge is 0.407 e. The van der Waals surface area contributed by atoms with Crippen LogP contribution < -0.4 is 5.32 Å². The van der Waals surface area contributed by atoms with Crippen molar-refractivity contribution in [3.05, 3.63) is 81.5 Å². The number of non-ortho nitro benzene ring substituents is 1. The van der Waals surface area contributed by atoms with Crippen molar-refractivity contribution in [3.8, 4) is 0 Å². The molecule has 0 spiro atoms. The van der Waals surface area contributed by atoms with Crippen LogP contribution in [0.5, 0.6) is 0 Å². The third kappa shape index (κ3) is 4.02. The van der Waals surface area contributed by atoms with Crippen molar-refractivity contribution in [1.82, 2.24) is 10.2 Å². The van der Waals surface area contributed by atoms with Crippen LogP contribution in [-0.4, -0.2) is 21.0 Å². The van der Waals surface area contributed by atoms with Gasteiger partial charge in [-0.3, -0.25) is 20.2 Å². The number of benzene rings is 2. The molecule has 3 rings (SSSR count). The maximum absolute atomic E-state index is 12.9. The fourth-order valence-corrected chi connectivity index (χ4v) is 2.06. The van der Waals surface area contributed by atoms with Crippen LogP contribution in [0.15, 0.2) is 52.9 Å². The zero-order chi connectivity index (χ0) is 17.8. The van der Waals surface area contributed by atoms with E-state index in [1.165, 1.54) is 36.4 Å². The molecule has 2 aromatic carbocycles. The molecular weight excluding hydrogens is 331 g/mol. The number of rotatable bonds is 5. The zero-order valence-corrected chi connectivity index (χ0v) is 12.7. The Labute approximate surface area is 140 Å². The van der Waals surface area contributed by atoms with Crippen molar-refractivity contribution < 1.29 is 18.5 Å². The van der Waals surface area contributed by atoms with Gasteiger partial charge in [-0.05, 0) is 29.8 Å². The third-order valence-corrected chi connectivity index (χ3v) is 3.30. The number of nitrogens with zero attached hydrogens (tertiary/aromatic N) is 3. The van der Waals surface area contributed by atoms with Crippen LogP contribution in [0.4, 0.5) is 16.1 Å². The van der Waals surface area contributed by atoms with Crippen molar-refractivity contribution in [2.45, 2.75) is 6.42 Å². The van der Waals surface area contributed by atoms with E-state index < -0.39 is 10.8 Å². The molecule has 1 N–H and O–H groups in total. The van der Waals surface area contributed by atoms with E-state index in [-0.39, 0.29) is 29.0 Å². The lowest BCUT2D eigenvalue weighted by Gasteiger charge is -2.00. The Hall–Kier alpha value is -3.62. The predicted molar refractivity (Wildman–Crippen MR) is 84.6 cm³/mol. The minimum absolute atomic E-state index is 0.0968. The van der Waals surface area contributed by atoms with E-state index in [4.69, 9.17) is 4.42 Å². The Kier molecular flexibility index (Phi) is 4.46. The van der Waals surface area contributed by atoms with Crippen molar-refractivity contribution in [1.29, 1.82) is 0 Å². The normalized spacial score (nSPS) is 10.4. The van der Waals surface area contributed by atoms with Crippen LogP contribution in [-0.2, 0) is 6.42 Å². The number of anilines is 1. The Morgan fingerprint density at radius 1 is 1.12 bits per heavy atom. The van der Waals surface area contributed by atoms with E-state index in [0.717, 1.165) is 5.56 Å². The van der Waals surface area contributed by atoms with E-state index in [2.05, 4.69) is 15.5 Å². The molecule has 25 heavy (non-hydrogen) atoms. The zero-order valence-electron chi connectivity index (χ0n) is 12.7. The number of carbonyl (C=O) groups is 1. The van der Waals surface area contributed by atoms with Gasteiger partial charge in [0.05, 0.1) is 11.3 Å². The molecule has 0 aliphatic carbocycles. The quantitative estimate of drug-likeness (QED) is 0.563. The highest BCUT2D eigenvalue weighted by Gasteiger charge is 2.13. The minimum Gasteiger partial charge on any atom is -0.407 e. The number of nitrogens with one attached hydrogen (secondary N) is 1. The van der Waals surface area contributed by atoms with Gasteiger partial charge in [0.1, 0.15) is 5.82 Å². The van der Waals surface area contributed by atoms with Gasteiger partial charge in [0.15, 0.2) is 0 Å². The van der Waals surface area contributed by atoms with Crippen molar-refractivity contribution in [2.24, 2.45) is 0 Å². The van der Waals surface area contributed by atoms with Crippen LogP contribution >= 0.6 is 0 Å². The SMILES string of the molecule is O=C(Nc1nnc(Cc2ccc(F)cc2)o1)c1ccc([N+](=O)[O-])cc1. The molecule has 0 unspecified atom stereocenters. The molecule has 3 aromatic rings. The third-order valence-electron chi connectivity index (χ3n) is 3.30.